The van der Waals surface area contributed by atoms with Crippen molar-refractivity contribution in [2.45, 2.75) is 31.5 Å². The molecule has 0 aliphatic heterocycles. The van der Waals surface area contributed by atoms with Gasteiger partial charge in [0.05, 0.1) is 0 Å². The molecule has 0 unspecified atom stereocenters. The first-order valence-corrected chi connectivity index (χ1v) is 7.18. The number of hydrogen-bond donors (Lipinski definition) is 0. The lowest BCUT2D eigenvalue weighted by Gasteiger charge is -2.26. The number of hydrogen-bond acceptors (Lipinski definition) is 1. The van der Waals surface area contributed by atoms with Crippen LogP contribution in [0.25, 0.3) is 11.1 Å². The van der Waals surface area contributed by atoms with Gasteiger partial charge in [-0.15, -0.1) is 13.2 Å². The summed E-state index contributed by atoms with van der Waals surface area (Å²) in [5.74, 6) is -2.29. The van der Waals surface area contributed by atoms with Crippen molar-refractivity contribution in [1.29, 1.82) is 0 Å². The SMILES string of the molecule is Fc1cc(-c2ccc(C3CCC3)cc2F)ccc1OC(F)(F)F. The van der Waals surface area contributed by atoms with Crippen LogP contribution in [0.2, 0.25) is 0 Å². The van der Waals surface area contributed by atoms with Crippen LogP contribution in [-0.2, 0) is 0 Å². The lowest BCUT2D eigenvalue weighted by molar-refractivity contribution is -0.275. The normalized spacial score (nSPS) is 15.3. The Kier molecular flexibility index (Phi) is 4.00. The quantitative estimate of drug-likeness (QED) is 0.647. The van der Waals surface area contributed by atoms with Crippen molar-refractivity contribution in [3.8, 4) is 16.9 Å². The van der Waals surface area contributed by atoms with Crippen LogP contribution in [0.15, 0.2) is 36.4 Å². The average molecular weight is 328 g/mol. The maximum atomic E-state index is 14.2. The van der Waals surface area contributed by atoms with Crippen LogP contribution in [0, 0.1) is 11.6 Å². The highest BCUT2D eigenvalue weighted by Gasteiger charge is 2.32. The third-order valence-corrected chi connectivity index (χ3v) is 4.04. The Morgan fingerprint density at radius 2 is 1.65 bits per heavy atom. The van der Waals surface area contributed by atoms with Crippen LogP contribution in [0.1, 0.15) is 30.7 Å². The molecule has 1 saturated carbocycles. The predicted molar refractivity (Wildman–Crippen MR) is 75.1 cm³/mol. The predicted octanol–water partition coefficient (Wildman–Crippen LogP) is 5.80. The zero-order chi connectivity index (χ0) is 16.6. The second kappa shape index (κ2) is 5.83. The number of ether oxygens (including phenoxy) is 1. The molecule has 6 heteroatoms. The van der Waals surface area contributed by atoms with E-state index in [1.165, 1.54) is 18.2 Å². The van der Waals surface area contributed by atoms with Crippen molar-refractivity contribution >= 4 is 0 Å². The molecule has 2 aromatic carbocycles. The summed E-state index contributed by atoms with van der Waals surface area (Å²) in [4.78, 5) is 0. The van der Waals surface area contributed by atoms with Gasteiger partial charge in [-0.05, 0) is 48.1 Å². The molecular formula is C17H13F5O. The fraction of sp³-hybridized carbons (Fsp3) is 0.294. The lowest BCUT2D eigenvalue weighted by Crippen LogP contribution is -2.17. The second-order valence-electron chi connectivity index (χ2n) is 5.56. The molecule has 2 aromatic rings. The fourth-order valence-corrected chi connectivity index (χ4v) is 2.64. The van der Waals surface area contributed by atoms with Gasteiger partial charge in [0.15, 0.2) is 11.6 Å². The summed E-state index contributed by atoms with van der Waals surface area (Å²) in [6.07, 6.45) is -1.80. The minimum absolute atomic E-state index is 0.144. The van der Waals surface area contributed by atoms with E-state index in [4.69, 9.17) is 0 Å². The van der Waals surface area contributed by atoms with Crippen LogP contribution < -0.4 is 4.74 Å². The van der Waals surface area contributed by atoms with Crippen LogP contribution in [0.5, 0.6) is 5.75 Å². The second-order valence-corrected chi connectivity index (χ2v) is 5.56. The summed E-state index contributed by atoms with van der Waals surface area (Å²) < 4.78 is 67.9. The summed E-state index contributed by atoms with van der Waals surface area (Å²) >= 11 is 0. The van der Waals surface area contributed by atoms with Gasteiger partial charge in [0, 0.05) is 5.56 Å². The van der Waals surface area contributed by atoms with Gasteiger partial charge in [-0.3, -0.25) is 0 Å². The zero-order valence-corrected chi connectivity index (χ0v) is 12.0. The molecule has 0 saturated heterocycles. The van der Waals surface area contributed by atoms with Gasteiger partial charge in [-0.1, -0.05) is 24.6 Å². The van der Waals surface area contributed by atoms with Crippen molar-refractivity contribution in [3.63, 3.8) is 0 Å². The minimum atomic E-state index is -4.97. The summed E-state index contributed by atoms with van der Waals surface area (Å²) in [5, 5.41) is 0. The summed E-state index contributed by atoms with van der Waals surface area (Å²) in [5.41, 5.74) is 1.20. The maximum Gasteiger partial charge on any atom is 0.573 e. The molecule has 1 aliphatic rings. The van der Waals surface area contributed by atoms with E-state index in [2.05, 4.69) is 4.74 Å². The minimum Gasteiger partial charge on any atom is -0.403 e. The summed E-state index contributed by atoms with van der Waals surface area (Å²) in [7, 11) is 0. The smallest absolute Gasteiger partial charge is 0.403 e. The standard InChI is InChI=1S/C17H13F5O/c18-14-8-11(10-2-1-3-10)4-6-13(14)12-5-7-16(15(19)9-12)23-17(20,21)22/h4-10H,1-3H2. The molecule has 1 aliphatic carbocycles. The number of benzene rings is 2. The Morgan fingerprint density at radius 1 is 0.913 bits per heavy atom. The fourth-order valence-electron chi connectivity index (χ4n) is 2.64. The van der Waals surface area contributed by atoms with E-state index in [1.807, 2.05) is 0 Å². The molecule has 3 rings (SSSR count). The molecule has 0 spiro atoms. The van der Waals surface area contributed by atoms with Gasteiger partial charge in [-0.2, -0.15) is 0 Å². The van der Waals surface area contributed by atoms with Crippen molar-refractivity contribution < 1.29 is 26.7 Å². The highest BCUT2D eigenvalue weighted by atomic mass is 19.4. The van der Waals surface area contributed by atoms with Gasteiger partial charge in [0.25, 0.3) is 0 Å². The zero-order valence-electron chi connectivity index (χ0n) is 12.0. The number of halogens is 5. The molecule has 0 aromatic heterocycles. The van der Waals surface area contributed by atoms with E-state index in [1.54, 1.807) is 6.07 Å². The average Bonchev–Trinajstić information content (AvgIpc) is 2.38. The Labute approximate surface area is 129 Å². The molecule has 0 radical (unpaired) electrons. The van der Waals surface area contributed by atoms with Gasteiger partial charge < -0.3 is 4.74 Å². The van der Waals surface area contributed by atoms with E-state index in [0.717, 1.165) is 37.0 Å². The number of alkyl halides is 3. The maximum absolute atomic E-state index is 14.2. The Morgan fingerprint density at radius 3 is 2.17 bits per heavy atom. The molecule has 0 amide bonds. The first-order chi connectivity index (χ1) is 10.8. The van der Waals surface area contributed by atoms with E-state index in [9.17, 15) is 22.0 Å². The van der Waals surface area contributed by atoms with Gasteiger partial charge in [0.1, 0.15) is 5.82 Å². The highest BCUT2D eigenvalue weighted by Crippen LogP contribution is 2.38. The van der Waals surface area contributed by atoms with Crippen LogP contribution in [-0.4, -0.2) is 6.36 Å². The van der Waals surface area contributed by atoms with Crippen molar-refractivity contribution in [2.24, 2.45) is 0 Å². The highest BCUT2D eigenvalue weighted by molar-refractivity contribution is 5.65. The van der Waals surface area contributed by atoms with E-state index in [-0.39, 0.29) is 11.1 Å². The topological polar surface area (TPSA) is 9.23 Å². The van der Waals surface area contributed by atoms with E-state index < -0.39 is 23.7 Å². The Hall–Kier alpha value is -2.11. The van der Waals surface area contributed by atoms with Crippen molar-refractivity contribution in [1.82, 2.24) is 0 Å². The molecule has 0 bridgehead atoms. The van der Waals surface area contributed by atoms with Crippen molar-refractivity contribution in [2.75, 3.05) is 0 Å². The van der Waals surface area contributed by atoms with Crippen LogP contribution in [0.3, 0.4) is 0 Å². The van der Waals surface area contributed by atoms with E-state index in [0.29, 0.717) is 5.92 Å². The molecule has 23 heavy (non-hydrogen) atoms. The molecule has 0 heterocycles. The molecule has 0 N–H and O–H groups in total. The summed E-state index contributed by atoms with van der Waals surface area (Å²) in [6.45, 7) is 0. The Balaban J connectivity index is 1.88. The van der Waals surface area contributed by atoms with Gasteiger partial charge in [0.2, 0.25) is 0 Å². The largest absolute Gasteiger partial charge is 0.573 e. The third-order valence-electron chi connectivity index (χ3n) is 4.04. The monoisotopic (exact) mass is 328 g/mol. The third kappa shape index (κ3) is 3.46. The van der Waals surface area contributed by atoms with Gasteiger partial charge in [-0.25, -0.2) is 8.78 Å². The number of rotatable bonds is 3. The first-order valence-electron chi connectivity index (χ1n) is 7.18. The Bertz CT molecular complexity index is 719. The van der Waals surface area contributed by atoms with E-state index >= 15 is 0 Å². The van der Waals surface area contributed by atoms with Crippen molar-refractivity contribution in [3.05, 3.63) is 53.6 Å². The van der Waals surface area contributed by atoms with Gasteiger partial charge >= 0.3 is 6.36 Å². The summed E-state index contributed by atoms with van der Waals surface area (Å²) in [6, 6.07) is 7.60. The molecular weight excluding hydrogens is 315 g/mol. The van der Waals surface area contributed by atoms with Crippen LogP contribution >= 0.6 is 0 Å². The van der Waals surface area contributed by atoms with Crippen LogP contribution in [0.4, 0.5) is 22.0 Å². The lowest BCUT2D eigenvalue weighted by atomic mass is 9.79. The molecule has 0 atom stereocenters. The molecule has 1 fully saturated rings. The first kappa shape index (κ1) is 15.8. The molecule has 1 nitrogen and oxygen atoms in total. The molecule has 122 valence electrons.